The van der Waals surface area contributed by atoms with Gasteiger partial charge in [0.15, 0.2) is 11.6 Å². The Labute approximate surface area is 172 Å². The van der Waals surface area contributed by atoms with Gasteiger partial charge in [-0.25, -0.2) is 0 Å². The van der Waals surface area contributed by atoms with Crippen molar-refractivity contribution < 1.29 is 19.2 Å². The maximum absolute atomic E-state index is 13.3. The maximum atomic E-state index is 13.3. The number of fused-ring (bicyclic) bond motifs is 2. The number of benzene rings is 3. The molecule has 4 rings (SSSR count). The topological polar surface area (TPSA) is 92.3 Å². The Hall–Kier alpha value is -4.32. The first-order chi connectivity index (χ1) is 14.5. The SMILES string of the molecule is C=CC(=O)Nc1cccc2c1C(=O)c1cccc(NC(=O)c3ccccc3)c1C2=O. The smallest absolute Gasteiger partial charge is 0.255 e. The molecular weight excluding hydrogens is 380 g/mol. The molecule has 1 aliphatic rings. The zero-order chi connectivity index (χ0) is 21.3. The number of hydrogen-bond acceptors (Lipinski definition) is 4. The second-order valence-electron chi connectivity index (χ2n) is 6.63. The zero-order valence-corrected chi connectivity index (χ0v) is 15.8. The van der Waals surface area contributed by atoms with Gasteiger partial charge in [-0.1, -0.05) is 49.0 Å². The number of nitrogens with one attached hydrogen (secondary N) is 2. The molecule has 0 bridgehead atoms. The van der Waals surface area contributed by atoms with Gasteiger partial charge in [-0.2, -0.15) is 0 Å². The van der Waals surface area contributed by atoms with E-state index in [0.29, 0.717) is 5.56 Å². The van der Waals surface area contributed by atoms with E-state index in [-0.39, 0.29) is 39.5 Å². The molecule has 6 heteroatoms. The summed E-state index contributed by atoms with van der Waals surface area (Å²) in [5.74, 6) is -1.69. The lowest BCUT2D eigenvalue weighted by Gasteiger charge is -2.22. The fourth-order valence-corrected chi connectivity index (χ4v) is 3.42. The monoisotopic (exact) mass is 396 g/mol. The molecule has 0 aliphatic heterocycles. The Kier molecular flexibility index (Phi) is 4.82. The Balaban J connectivity index is 1.78. The fraction of sp³-hybridized carbons (Fsp3) is 0. The van der Waals surface area contributed by atoms with E-state index in [1.54, 1.807) is 54.6 Å². The number of amides is 2. The lowest BCUT2D eigenvalue weighted by Crippen LogP contribution is -2.25. The van der Waals surface area contributed by atoms with Crippen LogP contribution in [0, 0.1) is 0 Å². The predicted octanol–water partition coefficient (Wildman–Crippen LogP) is 3.84. The van der Waals surface area contributed by atoms with Gasteiger partial charge in [-0.15, -0.1) is 0 Å². The normalized spacial score (nSPS) is 11.9. The van der Waals surface area contributed by atoms with Crippen molar-refractivity contribution in [3.8, 4) is 0 Å². The van der Waals surface area contributed by atoms with Gasteiger partial charge in [0.2, 0.25) is 5.91 Å². The van der Waals surface area contributed by atoms with E-state index in [2.05, 4.69) is 17.2 Å². The van der Waals surface area contributed by atoms with Gasteiger partial charge in [0.1, 0.15) is 0 Å². The molecule has 6 nitrogen and oxygen atoms in total. The van der Waals surface area contributed by atoms with Crippen LogP contribution in [-0.2, 0) is 4.79 Å². The molecular formula is C24H16N2O4. The minimum atomic E-state index is -0.488. The van der Waals surface area contributed by atoms with E-state index in [1.165, 1.54) is 12.1 Å². The summed E-state index contributed by atoms with van der Waals surface area (Å²) in [5, 5.41) is 5.30. The molecule has 2 amide bonds. The first-order valence-corrected chi connectivity index (χ1v) is 9.16. The zero-order valence-electron chi connectivity index (χ0n) is 15.8. The molecule has 0 spiro atoms. The second-order valence-corrected chi connectivity index (χ2v) is 6.63. The van der Waals surface area contributed by atoms with E-state index in [1.807, 2.05) is 0 Å². The molecule has 0 fully saturated rings. The highest BCUT2D eigenvalue weighted by molar-refractivity contribution is 6.32. The van der Waals surface area contributed by atoms with Crippen LogP contribution in [0.4, 0.5) is 11.4 Å². The number of anilines is 2. The van der Waals surface area contributed by atoms with Gasteiger partial charge in [0, 0.05) is 16.7 Å². The average Bonchev–Trinajstić information content (AvgIpc) is 2.77. The van der Waals surface area contributed by atoms with E-state index in [0.717, 1.165) is 6.08 Å². The molecule has 3 aromatic carbocycles. The summed E-state index contributed by atoms with van der Waals surface area (Å²) in [6.45, 7) is 3.40. The first-order valence-electron chi connectivity index (χ1n) is 9.16. The highest BCUT2D eigenvalue weighted by atomic mass is 16.2. The highest BCUT2D eigenvalue weighted by Gasteiger charge is 2.34. The minimum absolute atomic E-state index is 0.122. The van der Waals surface area contributed by atoms with Crippen molar-refractivity contribution in [3.63, 3.8) is 0 Å². The number of carbonyl (C=O) groups excluding carboxylic acids is 4. The van der Waals surface area contributed by atoms with Crippen molar-refractivity contribution in [1.29, 1.82) is 0 Å². The molecule has 0 unspecified atom stereocenters. The molecule has 30 heavy (non-hydrogen) atoms. The summed E-state index contributed by atoms with van der Waals surface area (Å²) in [6, 6.07) is 17.9. The molecule has 0 radical (unpaired) electrons. The molecule has 0 atom stereocenters. The summed E-state index contributed by atoms with van der Waals surface area (Å²) in [4.78, 5) is 50.8. The van der Waals surface area contributed by atoms with E-state index in [4.69, 9.17) is 0 Å². The fourth-order valence-electron chi connectivity index (χ4n) is 3.42. The van der Waals surface area contributed by atoms with Crippen LogP contribution in [-0.4, -0.2) is 23.4 Å². The number of carbonyl (C=O) groups is 4. The lowest BCUT2D eigenvalue weighted by atomic mass is 9.82. The van der Waals surface area contributed by atoms with Gasteiger partial charge in [-0.3, -0.25) is 19.2 Å². The van der Waals surface area contributed by atoms with Gasteiger partial charge in [0.05, 0.1) is 22.5 Å². The Morgan fingerprint density at radius 1 is 0.700 bits per heavy atom. The van der Waals surface area contributed by atoms with Crippen LogP contribution in [0.1, 0.15) is 42.2 Å². The number of ketones is 2. The van der Waals surface area contributed by atoms with Crippen LogP contribution >= 0.6 is 0 Å². The predicted molar refractivity (Wildman–Crippen MR) is 113 cm³/mol. The third-order valence-electron chi connectivity index (χ3n) is 4.80. The standard InChI is InChI=1S/C24H16N2O4/c1-2-19(27)25-17-12-6-10-15-20(17)22(28)16-11-7-13-18(21(16)23(15)29)26-24(30)14-8-4-3-5-9-14/h2-13H,1H2,(H,25,27)(H,26,30). The van der Waals surface area contributed by atoms with Crippen LogP contribution in [0.3, 0.4) is 0 Å². The van der Waals surface area contributed by atoms with Crippen molar-refractivity contribution in [1.82, 2.24) is 0 Å². The number of rotatable bonds is 4. The largest absolute Gasteiger partial charge is 0.322 e. The number of hydrogen-bond donors (Lipinski definition) is 2. The van der Waals surface area contributed by atoms with Crippen molar-refractivity contribution >= 4 is 34.8 Å². The highest BCUT2D eigenvalue weighted by Crippen LogP contribution is 2.35. The van der Waals surface area contributed by atoms with Gasteiger partial charge in [0.25, 0.3) is 5.91 Å². The van der Waals surface area contributed by atoms with Crippen molar-refractivity contribution in [2.45, 2.75) is 0 Å². The van der Waals surface area contributed by atoms with Crippen LogP contribution in [0.15, 0.2) is 79.4 Å². The lowest BCUT2D eigenvalue weighted by molar-refractivity contribution is -0.111. The molecule has 0 saturated carbocycles. The molecule has 2 N–H and O–H groups in total. The Morgan fingerprint density at radius 3 is 1.77 bits per heavy atom. The summed E-state index contributed by atoms with van der Waals surface area (Å²) in [6.07, 6.45) is 1.08. The van der Waals surface area contributed by atoms with Gasteiger partial charge < -0.3 is 10.6 Å². The summed E-state index contributed by atoms with van der Waals surface area (Å²) in [5.41, 5.74) is 1.50. The summed E-state index contributed by atoms with van der Waals surface area (Å²) >= 11 is 0. The van der Waals surface area contributed by atoms with Crippen LogP contribution < -0.4 is 10.6 Å². The summed E-state index contributed by atoms with van der Waals surface area (Å²) < 4.78 is 0. The van der Waals surface area contributed by atoms with E-state index in [9.17, 15) is 19.2 Å². The molecule has 0 aromatic heterocycles. The van der Waals surface area contributed by atoms with Crippen molar-refractivity contribution in [3.05, 3.63) is 107 Å². The molecule has 0 heterocycles. The summed E-state index contributed by atoms with van der Waals surface area (Å²) in [7, 11) is 0. The maximum Gasteiger partial charge on any atom is 0.255 e. The Bertz CT molecular complexity index is 1230. The molecule has 146 valence electrons. The third-order valence-corrected chi connectivity index (χ3v) is 4.80. The van der Waals surface area contributed by atoms with Crippen LogP contribution in [0.25, 0.3) is 0 Å². The average molecular weight is 396 g/mol. The van der Waals surface area contributed by atoms with Gasteiger partial charge in [-0.05, 0) is 30.3 Å². The molecule has 1 aliphatic carbocycles. The van der Waals surface area contributed by atoms with Crippen molar-refractivity contribution in [2.24, 2.45) is 0 Å². The van der Waals surface area contributed by atoms with Crippen molar-refractivity contribution in [2.75, 3.05) is 10.6 Å². The van der Waals surface area contributed by atoms with E-state index >= 15 is 0 Å². The second kappa shape index (κ2) is 7.60. The molecule has 0 saturated heterocycles. The molecule has 3 aromatic rings. The van der Waals surface area contributed by atoms with Gasteiger partial charge >= 0.3 is 0 Å². The Morgan fingerprint density at radius 2 is 1.23 bits per heavy atom. The quantitative estimate of drug-likeness (QED) is 0.513. The first kappa shape index (κ1) is 19.0. The third kappa shape index (κ3) is 3.20. The van der Waals surface area contributed by atoms with Crippen LogP contribution in [0.5, 0.6) is 0 Å². The minimum Gasteiger partial charge on any atom is -0.322 e. The van der Waals surface area contributed by atoms with E-state index < -0.39 is 17.5 Å². The van der Waals surface area contributed by atoms with Crippen LogP contribution in [0.2, 0.25) is 0 Å².